The Morgan fingerprint density at radius 3 is 2.53 bits per heavy atom. The normalized spacial score (nSPS) is 17.0. The fourth-order valence-corrected chi connectivity index (χ4v) is 2.14. The van der Waals surface area contributed by atoms with Crippen LogP contribution in [0.25, 0.3) is 0 Å². The number of rotatable bonds is 4. The molecule has 0 saturated heterocycles. The molecule has 0 bridgehead atoms. The zero-order valence-electron chi connectivity index (χ0n) is 9.67. The van der Waals surface area contributed by atoms with Gasteiger partial charge in [0, 0.05) is 6.42 Å². The Hall–Kier alpha value is -1.54. The number of aliphatic hydroxyl groups is 1. The molecule has 2 nitrogen and oxygen atoms in total. The van der Waals surface area contributed by atoms with Crippen LogP contribution in [-0.4, -0.2) is 5.11 Å². The van der Waals surface area contributed by atoms with E-state index in [0.717, 1.165) is 17.2 Å². The Bertz CT molecular complexity index is 466. The number of hydrogen-bond donors (Lipinski definition) is 1. The van der Waals surface area contributed by atoms with Crippen LogP contribution in [0.5, 0.6) is 0 Å². The summed E-state index contributed by atoms with van der Waals surface area (Å²) in [6, 6.07) is 12.1. The second-order valence-corrected chi connectivity index (χ2v) is 4.74. The first kappa shape index (κ1) is 10.6. The molecule has 0 radical (unpaired) electrons. The molecule has 0 amide bonds. The molecule has 0 spiro atoms. The van der Waals surface area contributed by atoms with Crippen molar-refractivity contribution in [1.29, 1.82) is 0 Å². The van der Waals surface area contributed by atoms with Gasteiger partial charge in [0.1, 0.15) is 5.76 Å². The minimum Gasteiger partial charge on any atom is -0.469 e. The van der Waals surface area contributed by atoms with Crippen molar-refractivity contribution >= 4 is 0 Å². The van der Waals surface area contributed by atoms with Gasteiger partial charge < -0.3 is 9.52 Å². The smallest absolute Gasteiger partial charge is 0.106 e. The number of aliphatic hydroxyl groups excluding tert-OH is 1. The highest BCUT2D eigenvalue weighted by atomic mass is 16.3. The summed E-state index contributed by atoms with van der Waals surface area (Å²) in [7, 11) is 0. The molecule has 1 aliphatic rings. The maximum atomic E-state index is 10.1. The summed E-state index contributed by atoms with van der Waals surface area (Å²) in [5, 5.41) is 10.1. The van der Waals surface area contributed by atoms with Crippen molar-refractivity contribution in [2.45, 2.75) is 31.3 Å². The molecule has 1 aliphatic carbocycles. The number of benzene rings is 1. The zero-order chi connectivity index (χ0) is 11.7. The van der Waals surface area contributed by atoms with Crippen LogP contribution in [0, 0.1) is 0 Å². The summed E-state index contributed by atoms with van der Waals surface area (Å²) < 4.78 is 5.24. The average molecular weight is 228 g/mol. The molecule has 2 heteroatoms. The van der Waals surface area contributed by atoms with Gasteiger partial charge in [-0.1, -0.05) is 24.3 Å². The van der Waals surface area contributed by atoms with Gasteiger partial charge in [0.25, 0.3) is 0 Å². The number of furan rings is 1. The van der Waals surface area contributed by atoms with Crippen LogP contribution >= 0.6 is 0 Å². The minimum absolute atomic E-state index is 0.477. The van der Waals surface area contributed by atoms with Crippen LogP contribution in [0.3, 0.4) is 0 Å². The SMILES string of the molecule is OC(Cc1ccco1)c1ccc(C2CC2)cc1. The van der Waals surface area contributed by atoms with Crippen LogP contribution < -0.4 is 0 Å². The third-order valence-electron chi connectivity index (χ3n) is 3.34. The Labute approximate surface area is 101 Å². The van der Waals surface area contributed by atoms with Crippen molar-refractivity contribution in [2.75, 3.05) is 0 Å². The molecule has 0 aliphatic heterocycles. The molecule has 88 valence electrons. The Balaban J connectivity index is 1.70. The van der Waals surface area contributed by atoms with Crippen LogP contribution in [0.15, 0.2) is 47.1 Å². The van der Waals surface area contributed by atoms with Gasteiger partial charge in [-0.15, -0.1) is 0 Å². The summed E-state index contributed by atoms with van der Waals surface area (Å²) in [4.78, 5) is 0. The summed E-state index contributed by atoms with van der Waals surface area (Å²) in [6.07, 6.45) is 4.32. The van der Waals surface area contributed by atoms with Crippen molar-refractivity contribution in [3.8, 4) is 0 Å². The molecular weight excluding hydrogens is 212 g/mol. The molecule has 1 fully saturated rings. The van der Waals surface area contributed by atoms with E-state index in [1.54, 1.807) is 6.26 Å². The molecule has 1 aromatic heterocycles. The van der Waals surface area contributed by atoms with Crippen LogP contribution in [0.1, 0.15) is 41.8 Å². The summed E-state index contributed by atoms with van der Waals surface area (Å²) in [5.41, 5.74) is 2.37. The molecule has 1 saturated carbocycles. The van der Waals surface area contributed by atoms with Gasteiger partial charge in [0.2, 0.25) is 0 Å². The van der Waals surface area contributed by atoms with E-state index in [1.165, 1.54) is 18.4 Å². The van der Waals surface area contributed by atoms with Gasteiger partial charge in [-0.3, -0.25) is 0 Å². The third kappa shape index (κ3) is 2.42. The fourth-order valence-electron chi connectivity index (χ4n) is 2.14. The molecular formula is C15H16O2. The van der Waals surface area contributed by atoms with E-state index >= 15 is 0 Å². The topological polar surface area (TPSA) is 33.4 Å². The van der Waals surface area contributed by atoms with Crippen LogP contribution in [-0.2, 0) is 6.42 Å². The molecule has 1 aromatic carbocycles. The Kier molecular flexibility index (Phi) is 2.73. The van der Waals surface area contributed by atoms with Gasteiger partial charge in [-0.25, -0.2) is 0 Å². The van der Waals surface area contributed by atoms with E-state index in [0.29, 0.717) is 6.42 Å². The molecule has 2 aromatic rings. The van der Waals surface area contributed by atoms with E-state index in [4.69, 9.17) is 4.42 Å². The van der Waals surface area contributed by atoms with Crippen molar-refractivity contribution < 1.29 is 9.52 Å². The largest absolute Gasteiger partial charge is 0.469 e. The van der Waals surface area contributed by atoms with Gasteiger partial charge in [-0.2, -0.15) is 0 Å². The van der Waals surface area contributed by atoms with Crippen molar-refractivity contribution in [3.05, 3.63) is 59.5 Å². The van der Waals surface area contributed by atoms with E-state index in [1.807, 2.05) is 24.3 Å². The van der Waals surface area contributed by atoms with Gasteiger partial charge in [0.05, 0.1) is 12.4 Å². The second kappa shape index (κ2) is 4.38. The monoisotopic (exact) mass is 228 g/mol. The maximum absolute atomic E-state index is 10.1. The molecule has 3 rings (SSSR count). The standard InChI is InChI=1S/C15H16O2/c16-15(10-14-2-1-9-17-14)13-7-5-12(6-8-13)11-3-4-11/h1-2,5-9,11,15-16H,3-4,10H2. The highest BCUT2D eigenvalue weighted by molar-refractivity contribution is 5.29. The lowest BCUT2D eigenvalue weighted by Gasteiger charge is -2.10. The lowest BCUT2D eigenvalue weighted by molar-refractivity contribution is 0.170. The summed E-state index contributed by atoms with van der Waals surface area (Å²) >= 11 is 0. The van der Waals surface area contributed by atoms with E-state index in [9.17, 15) is 5.11 Å². The molecule has 1 heterocycles. The second-order valence-electron chi connectivity index (χ2n) is 4.74. The molecule has 1 atom stereocenters. The molecule has 1 N–H and O–H groups in total. The lowest BCUT2D eigenvalue weighted by atomic mass is 10.0. The predicted octanol–water partition coefficient (Wildman–Crippen LogP) is 3.43. The quantitative estimate of drug-likeness (QED) is 0.869. The minimum atomic E-state index is -0.477. The van der Waals surface area contributed by atoms with Crippen LogP contribution in [0.4, 0.5) is 0 Å². The number of hydrogen-bond acceptors (Lipinski definition) is 2. The first-order valence-corrected chi connectivity index (χ1v) is 6.13. The van der Waals surface area contributed by atoms with Gasteiger partial charge in [0.15, 0.2) is 0 Å². The Morgan fingerprint density at radius 1 is 1.18 bits per heavy atom. The van der Waals surface area contributed by atoms with E-state index in [2.05, 4.69) is 12.1 Å². The lowest BCUT2D eigenvalue weighted by Crippen LogP contribution is -2.00. The van der Waals surface area contributed by atoms with Crippen LogP contribution in [0.2, 0.25) is 0 Å². The highest BCUT2D eigenvalue weighted by Gasteiger charge is 2.23. The first-order valence-electron chi connectivity index (χ1n) is 6.13. The summed E-state index contributed by atoms with van der Waals surface area (Å²) in [6.45, 7) is 0. The van der Waals surface area contributed by atoms with Crippen molar-refractivity contribution in [1.82, 2.24) is 0 Å². The first-order chi connectivity index (χ1) is 8.33. The third-order valence-corrected chi connectivity index (χ3v) is 3.34. The maximum Gasteiger partial charge on any atom is 0.106 e. The summed E-state index contributed by atoms with van der Waals surface area (Å²) in [5.74, 6) is 1.59. The van der Waals surface area contributed by atoms with Crippen molar-refractivity contribution in [3.63, 3.8) is 0 Å². The highest BCUT2D eigenvalue weighted by Crippen LogP contribution is 2.40. The van der Waals surface area contributed by atoms with Gasteiger partial charge >= 0.3 is 0 Å². The van der Waals surface area contributed by atoms with Gasteiger partial charge in [-0.05, 0) is 42.0 Å². The van der Waals surface area contributed by atoms with E-state index in [-0.39, 0.29) is 0 Å². The molecule has 17 heavy (non-hydrogen) atoms. The predicted molar refractivity (Wildman–Crippen MR) is 65.8 cm³/mol. The molecule has 1 unspecified atom stereocenters. The average Bonchev–Trinajstić information content (AvgIpc) is 3.09. The zero-order valence-corrected chi connectivity index (χ0v) is 9.67. The van der Waals surface area contributed by atoms with Crippen molar-refractivity contribution in [2.24, 2.45) is 0 Å². The van der Waals surface area contributed by atoms with E-state index < -0.39 is 6.10 Å². The Morgan fingerprint density at radius 2 is 1.94 bits per heavy atom. The fraction of sp³-hybridized carbons (Fsp3) is 0.333.